The number of carbonyl (C=O) groups is 2. The number of nitrogens with zero attached hydrogens (tertiary/aromatic N) is 4. The number of benzene rings is 1. The number of hydrogen-bond donors (Lipinski definition) is 3. The molecular formula is C25H35N7O7S. The van der Waals surface area contributed by atoms with E-state index in [1.54, 1.807) is 25.3 Å². The molecule has 14 nitrogen and oxygen atoms in total. The summed E-state index contributed by atoms with van der Waals surface area (Å²) >= 11 is 0. The first-order chi connectivity index (χ1) is 18.9. The van der Waals surface area contributed by atoms with Crippen molar-refractivity contribution in [3.63, 3.8) is 0 Å². The minimum atomic E-state index is -4.25. The van der Waals surface area contributed by atoms with Crippen LogP contribution < -0.4 is 15.8 Å². The summed E-state index contributed by atoms with van der Waals surface area (Å²) in [7, 11) is -4.25. The van der Waals surface area contributed by atoms with Crippen molar-refractivity contribution in [3.8, 4) is 0 Å². The molecule has 15 heteroatoms. The molecule has 1 aromatic heterocycles. The number of hydrazone groups is 1. The van der Waals surface area contributed by atoms with Crippen molar-refractivity contribution in [2.24, 2.45) is 16.8 Å². The number of hydrogen-bond acceptors (Lipinski definition) is 8. The van der Waals surface area contributed by atoms with E-state index in [1.807, 2.05) is 19.9 Å². The summed E-state index contributed by atoms with van der Waals surface area (Å²) in [6.07, 6.45) is 2.81. The molecule has 0 saturated carbocycles. The van der Waals surface area contributed by atoms with Gasteiger partial charge in [-0.1, -0.05) is 19.1 Å². The minimum Gasteiger partial charge on any atom is -0.464 e. The van der Waals surface area contributed by atoms with Crippen LogP contribution in [0.4, 0.5) is 0 Å². The summed E-state index contributed by atoms with van der Waals surface area (Å²) in [5.41, 5.74) is 6.57. The Hall–Kier alpha value is -3.85. The van der Waals surface area contributed by atoms with Crippen LogP contribution in [0.1, 0.15) is 45.1 Å². The molecule has 2 heterocycles. The maximum Gasteiger partial charge on any atom is 0.328 e. The summed E-state index contributed by atoms with van der Waals surface area (Å²) in [5.74, 6) is -1.35. The Morgan fingerprint density at radius 1 is 1.38 bits per heavy atom. The van der Waals surface area contributed by atoms with Crippen LogP contribution in [-0.4, -0.2) is 73.0 Å². The molecule has 2 aromatic rings. The van der Waals surface area contributed by atoms with Gasteiger partial charge in [-0.05, 0) is 63.1 Å². The number of fused-ring (bicyclic) bond motifs is 1. The highest BCUT2D eigenvalue weighted by molar-refractivity contribution is 7.89. The number of aromatic nitrogens is 1. The lowest BCUT2D eigenvalue weighted by Crippen LogP contribution is -2.56. The van der Waals surface area contributed by atoms with Crippen LogP contribution in [0.5, 0.6) is 0 Å². The number of aryl methyl sites for hydroxylation is 1. The van der Waals surface area contributed by atoms with E-state index in [9.17, 15) is 28.1 Å². The van der Waals surface area contributed by atoms with Gasteiger partial charge in [-0.15, -0.1) is 0 Å². The maximum atomic E-state index is 13.8. The number of sulfonamides is 1. The second-order valence-corrected chi connectivity index (χ2v) is 11.4. The van der Waals surface area contributed by atoms with Crippen LogP contribution in [0.15, 0.2) is 40.5 Å². The number of carbonyl (C=O) groups excluding carboxylic acids is 2. The number of rotatable bonds is 11. The molecule has 0 bridgehead atoms. The Bertz CT molecular complexity index is 1380. The third-order valence-electron chi connectivity index (χ3n) is 6.57. The molecule has 3 rings (SSSR count). The molecule has 1 fully saturated rings. The standard InChI is InChI=1S/C25H35N7O7S/c1-4-39-24(34)20-14-16(2)10-12-31(20)23(33)19(8-6-11-27-25(26)29-32(35)36)30-40(37,38)21-9-5-7-18-13-17(3)15-28-22(18)21/h5,7,9,13,15-16,19-20,30H,4,6,8,10-12,14H2,1-3H3,(H3,26,27,29)/t16-,19+,20-/m1/s1. The molecule has 1 saturated heterocycles. The molecule has 40 heavy (non-hydrogen) atoms. The summed E-state index contributed by atoms with van der Waals surface area (Å²) in [6.45, 7) is 5.99. The van der Waals surface area contributed by atoms with Gasteiger partial charge in [0.05, 0.1) is 12.1 Å². The number of esters is 1. The first kappa shape index (κ1) is 30.7. The zero-order valence-corrected chi connectivity index (χ0v) is 23.5. The maximum absolute atomic E-state index is 13.8. The number of likely N-dealkylation sites (tertiary alicyclic amines) is 1. The van der Waals surface area contributed by atoms with Crippen molar-refractivity contribution < 1.29 is 27.8 Å². The van der Waals surface area contributed by atoms with Crippen molar-refractivity contribution in [3.05, 3.63) is 46.1 Å². The van der Waals surface area contributed by atoms with Gasteiger partial charge < -0.3 is 20.7 Å². The lowest BCUT2D eigenvalue weighted by molar-refractivity contribution is -0.485. The van der Waals surface area contributed by atoms with E-state index in [4.69, 9.17) is 10.5 Å². The largest absolute Gasteiger partial charge is 0.464 e. The summed E-state index contributed by atoms with van der Waals surface area (Å²) in [5, 5.41) is 15.7. The second kappa shape index (κ2) is 13.5. The van der Waals surface area contributed by atoms with Gasteiger partial charge >= 0.3 is 5.97 Å². The van der Waals surface area contributed by atoms with E-state index >= 15 is 0 Å². The van der Waals surface area contributed by atoms with Crippen LogP contribution in [0.3, 0.4) is 0 Å². The molecule has 0 radical (unpaired) electrons. The van der Waals surface area contributed by atoms with Gasteiger partial charge in [-0.2, -0.15) is 4.72 Å². The number of nitrogens with two attached hydrogens (primary N) is 1. The molecule has 1 aliphatic rings. The number of para-hydroxylation sites is 1. The van der Waals surface area contributed by atoms with Crippen molar-refractivity contribution in [1.82, 2.24) is 19.9 Å². The van der Waals surface area contributed by atoms with E-state index in [2.05, 4.69) is 20.1 Å². The van der Waals surface area contributed by atoms with E-state index in [0.717, 1.165) is 5.56 Å². The number of nitro groups is 1. The Balaban J connectivity index is 1.90. The Morgan fingerprint density at radius 3 is 2.83 bits per heavy atom. The zero-order chi connectivity index (χ0) is 29.4. The fraction of sp³-hybridized carbons (Fsp3) is 0.520. The SMILES string of the molecule is CCOC(=O)[C@H]1C[C@H](C)CCN1C(=O)[C@H](CCCN/C(N)=N/[N+](=O)[O-])NS(=O)(=O)c1cccc2cc(C)cnc12. The fourth-order valence-electron chi connectivity index (χ4n) is 4.66. The molecular weight excluding hydrogens is 542 g/mol. The predicted molar refractivity (Wildman–Crippen MR) is 147 cm³/mol. The van der Waals surface area contributed by atoms with Crippen LogP contribution in [0.25, 0.3) is 10.9 Å². The monoisotopic (exact) mass is 577 g/mol. The normalized spacial score (nSPS) is 18.8. The quantitative estimate of drug-likeness (QED) is 0.0872. The van der Waals surface area contributed by atoms with Crippen molar-refractivity contribution in [2.45, 2.75) is 63.4 Å². The topological polar surface area (TPSA) is 199 Å². The lowest BCUT2D eigenvalue weighted by Gasteiger charge is -2.38. The number of pyridine rings is 1. The molecule has 1 aliphatic heterocycles. The predicted octanol–water partition coefficient (Wildman–Crippen LogP) is 1.26. The van der Waals surface area contributed by atoms with Gasteiger partial charge in [-0.3, -0.25) is 9.78 Å². The first-order valence-corrected chi connectivity index (χ1v) is 14.5. The smallest absolute Gasteiger partial charge is 0.328 e. The van der Waals surface area contributed by atoms with Crippen molar-refractivity contribution in [2.75, 3.05) is 19.7 Å². The van der Waals surface area contributed by atoms with E-state index in [-0.39, 0.29) is 48.9 Å². The number of guanidine groups is 1. The highest BCUT2D eigenvalue weighted by Crippen LogP contribution is 2.26. The van der Waals surface area contributed by atoms with Gasteiger partial charge in [0.25, 0.3) is 5.96 Å². The van der Waals surface area contributed by atoms with E-state index in [0.29, 0.717) is 18.2 Å². The number of nitrogens with one attached hydrogen (secondary N) is 2. The van der Waals surface area contributed by atoms with E-state index < -0.39 is 45.0 Å². The highest BCUT2D eigenvalue weighted by Gasteiger charge is 2.39. The minimum absolute atomic E-state index is 0.00963. The summed E-state index contributed by atoms with van der Waals surface area (Å²) < 4.78 is 35.0. The summed E-state index contributed by atoms with van der Waals surface area (Å²) in [6, 6.07) is 4.48. The second-order valence-electron chi connectivity index (χ2n) is 9.74. The Morgan fingerprint density at radius 2 is 2.12 bits per heavy atom. The molecule has 4 N–H and O–H groups in total. The number of ether oxygens (including phenoxy) is 1. The molecule has 0 aliphatic carbocycles. The zero-order valence-electron chi connectivity index (χ0n) is 22.7. The van der Waals surface area contributed by atoms with Crippen LogP contribution >= 0.6 is 0 Å². The molecule has 1 amide bonds. The molecule has 218 valence electrons. The molecule has 1 aromatic carbocycles. The third kappa shape index (κ3) is 7.85. The average Bonchev–Trinajstić information content (AvgIpc) is 2.89. The average molecular weight is 578 g/mol. The van der Waals surface area contributed by atoms with Gasteiger partial charge in [0.15, 0.2) is 5.03 Å². The van der Waals surface area contributed by atoms with Gasteiger partial charge in [0, 0.05) is 24.7 Å². The van der Waals surface area contributed by atoms with Crippen LogP contribution in [-0.2, 0) is 24.3 Å². The van der Waals surface area contributed by atoms with Gasteiger partial charge in [-0.25, -0.2) is 23.3 Å². The lowest BCUT2D eigenvalue weighted by atomic mass is 9.91. The Kier molecular flexibility index (Phi) is 10.3. The molecule has 3 atom stereocenters. The fourth-order valence-corrected chi connectivity index (χ4v) is 6.06. The summed E-state index contributed by atoms with van der Waals surface area (Å²) in [4.78, 5) is 42.7. The first-order valence-electron chi connectivity index (χ1n) is 13.0. The third-order valence-corrected chi connectivity index (χ3v) is 8.07. The molecule has 0 unspecified atom stereocenters. The van der Waals surface area contributed by atoms with Crippen LogP contribution in [0, 0.1) is 23.0 Å². The van der Waals surface area contributed by atoms with Gasteiger partial charge in [0.2, 0.25) is 15.9 Å². The van der Waals surface area contributed by atoms with Crippen molar-refractivity contribution >= 4 is 38.8 Å². The highest BCUT2D eigenvalue weighted by atomic mass is 32.2. The van der Waals surface area contributed by atoms with Crippen LogP contribution in [0.2, 0.25) is 0 Å². The molecule has 0 spiro atoms. The number of amides is 1. The Labute approximate surface area is 232 Å². The van der Waals surface area contributed by atoms with E-state index in [1.165, 1.54) is 11.0 Å². The number of piperidine rings is 1. The van der Waals surface area contributed by atoms with Gasteiger partial charge in [0.1, 0.15) is 22.1 Å². The van der Waals surface area contributed by atoms with Crippen molar-refractivity contribution in [1.29, 1.82) is 0 Å².